The Balaban J connectivity index is 1.75. The summed E-state index contributed by atoms with van der Waals surface area (Å²) >= 11 is 5.94. The molecule has 0 spiro atoms. The van der Waals surface area contributed by atoms with E-state index in [1.807, 2.05) is 0 Å². The number of hydrogen-bond acceptors (Lipinski definition) is 4. The van der Waals surface area contributed by atoms with Crippen LogP contribution in [0.4, 0.5) is 5.69 Å². The van der Waals surface area contributed by atoms with Crippen LogP contribution in [0.25, 0.3) is 0 Å². The average molecular weight is 307 g/mol. The van der Waals surface area contributed by atoms with Gasteiger partial charge in [0.1, 0.15) is 5.82 Å². The van der Waals surface area contributed by atoms with E-state index in [4.69, 9.17) is 16.7 Å². The smallest absolute Gasteiger partial charge is 0.335 e. The quantitative estimate of drug-likeness (QED) is 0.803. The first-order valence-electron chi connectivity index (χ1n) is 6.31. The zero-order valence-electron chi connectivity index (χ0n) is 10.8. The van der Waals surface area contributed by atoms with Crippen molar-refractivity contribution in [1.29, 1.82) is 0 Å². The van der Waals surface area contributed by atoms with Crippen molar-refractivity contribution < 1.29 is 14.7 Å². The van der Waals surface area contributed by atoms with Gasteiger partial charge in [0.05, 0.1) is 16.3 Å². The second-order valence-corrected chi connectivity index (χ2v) is 5.18. The van der Waals surface area contributed by atoms with E-state index in [0.29, 0.717) is 17.4 Å². The van der Waals surface area contributed by atoms with Crippen molar-refractivity contribution in [2.24, 2.45) is 0 Å². The maximum atomic E-state index is 12.0. The predicted molar refractivity (Wildman–Crippen MR) is 74.7 cm³/mol. The van der Waals surface area contributed by atoms with Crippen LogP contribution in [0.2, 0.25) is 5.02 Å². The molecule has 0 unspecified atom stereocenters. The highest BCUT2D eigenvalue weighted by Gasteiger charge is 2.28. The molecule has 0 atom stereocenters. The summed E-state index contributed by atoms with van der Waals surface area (Å²) in [5.41, 5.74) is 0.358. The second-order valence-electron chi connectivity index (χ2n) is 4.77. The summed E-state index contributed by atoms with van der Waals surface area (Å²) in [6, 6.07) is 4.06. The number of amides is 1. The molecule has 2 aromatic rings. The fourth-order valence-corrected chi connectivity index (χ4v) is 2.07. The Labute approximate surface area is 124 Å². The lowest BCUT2D eigenvalue weighted by Gasteiger charge is -2.05. The molecule has 7 nitrogen and oxygen atoms in total. The summed E-state index contributed by atoms with van der Waals surface area (Å²) in [4.78, 5) is 26.9. The second kappa shape index (κ2) is 5.17. The Bertz CT molecular complexity index is 724. The van der Waals surface area contributed by atoms with Crippen molar-refractivity contribution in [3.63, 3.8) is 0 Å². The van der Waals surface area contributed by atoms with Gasteiger partial charge in [0.2, 0.25) is 5.82 Å². The summed E-state index contributed by atoms with van der Waals surface area (Å²) in [7, 11) is 0. The molecule has 0 aliphatic heterocycles. The first kappa shape index (κ1) is 13.6. The van der Waals surface area contributed by atoms with Crippen molar-refractivity contribution >= 4 is 29.2 Å². The van der Waals surface area contributed by atoms with E-state index in [2.05, 4.69) is 20.5 Å². The number of nitrogens with one attached hydrogen (secondary N) is 2. The third-order valence-electron chi connectivity index (χ3n) is 3.13. The van der Waals surface area contributed by atoms with E-state index in [1.165, 1.54) is 18.2 Å². The zero-order valence-corrected chi connectivity index (χ0v) is 11.5. The number of rotatable bonds is 4. The topological polar surface area (TPSA) is 108 Å². The van der Waals surface area contributed by atoms with Crippen molar-refractivity contribution in [3.05, 3.63) is 40.4 Å². The van der Waals surface area contributed by atoms with Crippen molar-refractivity contribution in [1.82, 2.24) is 15.2 Å². The van der Waals surface area contributed by atoms with Crippen LogP contribution >= 0.6 is 11.6 Å². The fraction of sp³-hybridized carbons (Fsp3) is 0.231. The lowest BCUT2D eigenvalue weighted by molar-refractivity contribution is 0.0696. The molecule has 108 valence electrons. The number of aromatic amines is 1. The fourth-order valence-electron chi connectivity index (χ4n) is 1.84. The van der Waals surface area contributed by atoms with Crippen LogP contribution in [-0.4, -0.2) is 32.2 Å². The SMILES string of the molecule is O=C(O)c1ccc(NC(=O)c2n[nH]c(C3CC3)n2)c(Cl)c1. The first-order chi connectivity index (χ1) is 10.0. The Morgan fingerprint density at radius 1 is 1.38 bits per heavy atom. The predicted octanol–water partition coefficient (Wildman–Crippen LogP) is 2.29. The molecule has 1 fully saturated rings. The first-order valence-corrected chi connectivity index (χ1v) is 6.69. The molecular weight excluding hydrogens is 296 g/mol. The van der Waals surface area contributed by atoms with Gasteiger partial charge in [-0.15, -0.1) is 5.10 Å². The Kier molecular flexibility index (Phi) is 3.34. The van der Waals surface area contributed by atoms with Crippen LogP contribution in [0.15, 0.2) is 18.2 Å². The van der Waals surface area contributed by atoms with Gasteiger partial charge in [-0.25, -0.2) is 9.78 Å². The highest BCUT2D eigenvalue weighted by atomic mass is 35.5. The molecule has 0 bridgehead atoms. The van der Waals surface area contributed by atoms with Crippen LogP contribution in [0.1, 0.15) is 45.6 Å². The third kappa shape index (κ3) is 2.87. The maximum absolute atomic E-state index is 12.0. The highest BCUT2D eigenvalue weighted by Crippen LogP contribution is 2.37. The number of benzene rings is 1. The highest BCUT2D eigenvalue weighted by molar-refractivity contribution is 6.34. The summed E-state index contributed by atoms with van der Waals surface area (Å²) < 4.78 is 0. The Morgan fingerprint density at radius 3 is 2.76 bits per heavy atom. The summed E-state index contributed by atoms with van der Waals surface area (Å²) in [6.07, 6.45) is 2.11. The summed E-state index contributed by atoms with van der Waals surface area (Å²) in [5, 5.41) is 18.2. The third-order valence-corrected chi connectivity index (χ3v) is 3.45. The molecule has 1 aliphatic carbocycles. The monoisotopic (exact) mass is 306 g/mol. The number of hydrogen-bond donors (Lipinski definition) is 3. The van der Waals surface area contributed by atoms with Gasteiger partial charge in [-0.3, -0.25) is 9.89 Å². The molecule has 0 radical (unpaired) electrons. The van der Waals surface area contributed by atoms with Gasteiger partial charge in [0.25, 0.3) is 5.91 Å². The van der Waals surface area contributed by atoms with Crippen LogP contribution in [-0.2, 0) is 0 Å². The van der Waals surface area contributed by atoms with Gasteiger partial charge in [0.15, 0.2) is 0 Å². The van der Waals surface area contributed by atoms with Crippen LogP contribution in [0.5, 0.6) is 0 Å². The van der Waals surface area contributed by atoms with Crippen molar-refractivity contribution in [2.45, 2.75) is 18.8 Å². The van der Waals surface area contributed by atoms with E-state index < -0.39 is 11.9 Å². The molecule has 8 heteroatoms. The van der Waals surface area contributed by atoms with Gasteiger partial charge < -0.3 is 10.4 Å². The van der Waals surface area contributed by atoms with Crippen molar-refractivity contribution in [3.8, 4) is 0 Å². The number of aromatic carboxylic acids is 1. The van der Waals surface area contributed by atoms with E-state index in [-0.39, 0.29) is 16.4 Å². The number of carboxylic acid groups (broad SMARTS) is 1. The average Bonchev–Trinajstić information content (AvgIpc) is 3.18. The van der Waals surface area contributed by atoms with Gasteiger partial charge in [-0.1, -0.05) is 11.6 Å². The standard InChI is InChI=1S/C13H11ClN4O3/c14-8-5-7(13(20)21)3-4-9(8)15-12(19)11-16-10(17-18-11)6-1-2-6/h3-6H,1-2H2,(H,15,19)(H,20,21)(H,16,17,18). The number of carboxylic acids is 1. The number of carbonyl (C=O) groups excluding carboxylic acids is 1. The minimum absolute atomic E-state index is 0.0373. The number of nitrogens with zero attached hydrogens (tertiary/aromatic N) is 2. The lowest BCUT2D eigenvalue weighted by Crippen LogP contribution is -2.14. The summed E-state index contributed by atoms with van der Waals surface area (Å²) in [5.74, 6) is -0.457. The van der Waals surface area contributed by atoms with Gasteiger partial charge in [-0.2, -0.15) is 0 Å². The minimum Gasteiger partial charge on any atom is -0.478 e. The molecule has 1 aromatic heterocycles. The number of carbonyl (C=O) groups is 2. The molecule has 1 aromatic carbocycles. The number of anilines is 1. The maximum Gasteiger partial charge on any atom is 0.335 e. The van der Waals surface area contributed by atoms with E-state index in [1.54, 1.807) is 0 Å². The van der Waals surface area contributed by atoms with Gasteiger partial charge in [-0.05, 0) is 31.0 Å². The van der Waals surface area contributed by atoms with E-state index in [0.717, 1.165) is 12.8 Å². The number of halogens is 1. The molecule has 3 rings (SSSR count). The lowest BCUT2D eigenvalue weighted by atomic mass is 10.2. The Hall–Kier alpha value is -2.41. The van der Waals surface area contributed by atoms with E-state index >= 15 is 0 Å². The molecule has 1 aliphatic rings. The van der Waals surface area contributed by atoms with Gasteiger partial charge in [0, 0.05) is 5.92 Å². The molecule has 1 amide bonds. The van der Waals surface area contributed by atoms with Crippen molar-refractivity contribution in [2.75, 3.05) is 5.32 Å². The molecule has 3 N–H and O–H groups in total. The largest absolute Gasteiger partial charge is 0.478 e. The normalized spacial score (nSPS) is 14.0. The van der Waals surface area contributed by atoms with Gasteiger partial charge >= 0.3 is 5.97 Å². The molecular formula is C13H11ClN4O3. The molecule has 1 saturated carbocycles. The molecule has 21 heavy (non-hydrogen) atoms. The van der Waals surface area contributed by atoms with E-state index in [9.17, 15) is 9.59 Å². The molecule has 0 saturated heterocycles. The molecule has 1 heterocycles. The summed E-state index contributed by atoms with van der Waals surface area (Å²) in [6.45, 7) is 0. The Morgan fingerprint density at radius 2 is 2.14 bits per heavy atom. The van der Waals surface area contributed by atoms with Crippen LogP contribution in [0.3, 0.4) is 0 Å². The zero-order chi connectivity index (χ0) is 15.0. The number of H-pyrrole nitrogens is 1. The minimum atomic E-state index is -1.09. The van der Waals surface area contributed by atoms with Crippen LogP contribution in [0, 0.1) is 0 Å². The van der Waals surface area contributed by atoms with Crippen LogP contribution < -0.4 is 5.32 Å². The number of aromatic nitrogens is 3.